The van der Waals surface area contributed by atoms with E-state index in [-0.39, 0.29) is 0 Å². The van der Waals surface area contributed by atoms with Crippen LogP contribution in [0.5, 0.6) is 5.75 Å². The summed E-state index contributed by atoms with van der Waals surface area (Å²) in [6.07, 6.45) is 3.91. The fraction of sp³-hybridized carbons (Fsp3) is 0.385. The maximum absolute atomic E-state index is 9.81. The zero-order valence-electron chi connectivity index (χ0n) is 10.2. The predicted octanol–water partition coefficient (Wildman–Crippen LogP) is 1.73. The van der Waals surface area contributed by atoms with Crippen molar-refractivity contribution >= 4 is 6.08 Å². The monoisotopic (exact) mass is 220 g/mol. The topological polar surface area (TPSA) is 49.5 Å². The Balaban J connectivity index is 3.11. The van der Waals surface area contributed by atoms with Crippen LogP contribution in [0.2, 0.25) is 0 Å². The van der Waals surface area contributed by atoms with Gasteiger partial charge in [-0.25, -0.2) is 0 Å². The quantitative estimate of drug-likeness (QED) is 0.812. The molecule has 1 aromatic rings. The van der Waals surface area contributed by atoms with Crippen LogP contribution >= 0.6 is 0 Å². The third kappa shape index (κ3) is 3.08. The van der Waals surface area contributed by atoms with E-state index in [0.717, 1.165) is 23.2 Å². The highest BCUT2D eigenvalue weighted by Gasteiger charge is 2.08. The molecule has 0 saturated carbocycles. The molecule has 16 heavy (non-hydrogen) atoms. The van der Waals surface area contributed by atoms with E-state index in [1.54, 1.807) is 6.07 Å². The lowest BCUT2D eigenvalue weighted by Gasteiger charge is -2.15. The smallest absolute Gasteiger partial charge is 0.120 e. The molecule has 0 saturated heterocycles. The molecule has 0 spiro atoms. The van der Waals surface area contributed by atoms with Gasteiger partial charge in [-0.15, -0.1) is 0 Å². The van der Waals surface area contributed by atoms with E-state index in [0.29, 0.717) is 12.3 Å². The summed E-state index contributed by atoms with van der Waals surface area (Å²) in [5.74, 6) is 0.357. The average molecular weight is 220 g/mol. The van der Waals surface area contributed by atoms with Crippen LogP contribution in [0.4, 0.5) is 0 Å². The van der Waals surface area contributed by atoms with E-state index in [9.17, 15) is 5.11 Å². The fourth-order valence-electron chi connectivity index (χ4n) is 1.65. The molecule has 0 amide bonds. The van der Waals surface area contributed by atoms with Gasteiger partial charge >= 0.3 is 0 Å². The van der Waals surface area contributed by atoms with Gasteiger partial charge in [0, 0.05) is 18.7 Å². The Kier molecular flexibility index (Phi) is 4.52. The summed E-state index contributed by atoms with van der Waals surface area (Å²) in [6, 6.07) is 3.65. The van der Waals surface area contributed by atoms with Crippen LogP contribution in [0.15, 0.2) is 18.2 Å². The molecule has 0 atom stereocenters. The molecule has 3 heteroatoms. The highest BCUT2D eigenvalue weighted by atomic mass is 16.3. The largest absolute Gasteiger partial charge is 0.508 e. The summed E-state index contributed by atoms with van der Waals surface area (Å²) < 4.78 is 0. The number of hydrogen-bond donors (Lipinski definition) is 2. The second-order valence-electron chi connectivity index (χ2n) is 4.15. The lowest BCUT2D eigenvalue weighted by atomic mass is 10.0. The van der Waals surface area contributed by atoms with Gasteiger partial charge in [-0.3, -0.25) is 0 Å². The Morgan fingerprint density at radius 2 is 2.06 bits per heavy atom. The number of nitrogens with two attached hydrogens (primary N) is 1. The lowest BCUT2D eigenvalue weighted by molar-refractivity contribution is 0.384. The molecule has 0 aliphatic heterocycles. The van der Waals surface area contributed by atoms with Gasteiger partial charge in [-0.05, 0) is 38.2 Å². The minimum Gasteiger partial charge on any atom is -0.508 e. The van der Waals surface area contributed by atoms with Crippen molar-refractivity contribution in [2.75, 3.05) is 20.6 Å². The summed E-state index contributed by atoms with van der Waals surface area (Å²) in [5, 5.41) is 9.81. The average Bonchev–Trinajstić information content (AvgIpc) is 2.23. The molecule has 0 bridgehead atoms. The first-order valence-corrected chi connectivity index (χ1v) is 5.39. The molecule has 0 heterocycles. The number of aromatic hydroxyl groups is 1. The van der Waals surface area contributed by atoms with Crippen LogP contribution in [0.25, 0.3) is 6.08 Å². The van der Waals surface area contributed by atoms with Gasteiger partial charge in [0.25, 0.3) is 0 Å². The maximum Gasteiger partial charge on any atom is 0.120 e. The first-order valence-electron chi connectivity index (χ1n) is 5.39. The maximum atomic E-state index is 9.81. The van der Waals surface area contributed by atoms with E-state index in [4.69, 9.17) is 5.73 Å². The van der Waals surface area contributed by atoms with Crippen LogP contribution in [0.3, 0.4) is 0 Å². The summed E-state index contributed by atoms with van der Waals surface area (Å²) in [6.45, 7) is 3.29. The van der Waals surface area contributed by atoms with Gasteiger partial charge in [0.15, 0.2) is 0 Å². The molecule has 3 nitrogen and oxygen atoms in total. The molecule has 0 aliphatic carbocycles. The van der Waals surface area contributed by atoms with Crippen LogP contribution in [0.1, 0.15) is 16.7 Å². The van der Waals surface area contributed by atoms with Gasteiger partial charge in [-0.2, -0.15) is 0 Å². The number of rotatable bonds is 4. The minimum absolute atomic E-state index is 0.357. The zero-order chi connectivity index (χ0) is 12.1. The normalized spacial score (nSPS) is 11.6. The number of nitrogens with zero attached hydrogens (tertiary/aromatic N) is 1. The van der Waals surface area contributed by atoms with Crippen LogP contribution in [-0.2, 0) is 6.54 Å². The zero-order valence-corrected chi connectivity index (χ0v) is 10.2. The van der Waals surface area contributed by atoms with E-state index < -0.39 is 0 Å². The van der Waals surface area contributed by atoms with Crippen molar-refractivity contribution in [2.45, 2.75) is 13.5 Å². The molecular formula is C13H20N2O. The Bertz CT molecular complexity index is 384. The summed E-state index contributed by atoms with van der Waals surface area (Å²) in [5.41, 5.74) is 8.63. The van der Waals surface area contributed by atoms with E-state index in [1.807, 2.05) is 44.1 Å². The van der Waals surface area contributed by atoms with Gasteiger partial charge in [0.1, 0.15) is 5.75 Å². The Morgan fingerprint density at radius 1 is 1.38 bits per heavy atom. The van der Waals surface area contributed by atoms with E-state index in [1.165, 1.54) is 0 Å². The molecule has 88 valence electrons. The molecule has 0 radical (unpaired) electrons. The van der Waals surface area contributed by atoms with E-state index in [2.05, 4.69) is 0 Å². The molecule has 0 aliphatic rings. The van der Waals surface area contributed by atoms with Crippen molar-refractivity contribution in [3.05, 3.63) is 34.9 Å². The van der Waals surface area contributed by atoms with Gasteiger partial charge < -0.3 is 15.7 Å². The van der Waals surface area contributed by atoms with Crippen molar-refractivity contribution in [2.24, 2.45) is 5.73 Å². The molecule has 0 fully saturated rings. The first-order chi connectivity index (χ1) is 7.56. The molecule has 3 N–H and O–H groups in total. The summed E-state index contributed by atoms with van der Waals surface area (Å²) >= 11 is 0. The number of hydrogen-bond acceptors (Lipinski definition) is 3. The standard InChI is InChI=1S/C13H20N2O/c1-10-11(5-4-8-14)6-7-13(16)12(10)9-15(2)3/h4-7,16H,8-9,14H2,1-3H3/b5-4+. The van der Waals surface area contributed by atoms with Crippen LogP contribution in [-0.4, -0.2) is 30.6 Å². The molecular weight excluding hydrogens is 200 g/mol. The Morgan fingerprint density at radius 3 is 2.62 bits per heavy atom. The van der Waals surface area contributed by atoms with Gasteiger partial charge in [-0.1, -0.05) is 18.2 Å². The van der Waals surface area contributed by atoms with Crippen LogP contribution in [0, 0.1) is 6.92 Å². The van der Waals surface area contributed by atoms with Crippen molar-refractivity contribution in [1.29, 1.82) is 0 Å². The summed E-state index contributed by atoms with van der Waals surface area (Å²) in [4.78, 5) is 2.04. The fourth-order valence-corrected chi connectivity index (χ4v) is 1.65. The van der Waals surface area contributed by atoms with Crippen molar-refractivity contribution in [3.8, 4) is 5.75 Å². The Hall–Kier alpha value is -1.32. The van der Waals surface area contributed by atoms with E-state index >= 15 is 0 Å². The highest BCUT2D eigenvalue weighted by Crippen LogP contribution is 2.25. The third-order valence-corrected chi connectivity index (χ3v) is 2.52. The first kappa shape index (κ1) is 12.7. The SMILES string of the molecule is Cc1c(/C=C/CN)ccc(O)c1CN(C)C. The lowest BCUT2D eigenvalue weighted by Crippen LogP contribution is -2.12. The Labute approximate surface area is 97.2 Å². The van der Waals surface area contributed by atoms with Gasteiger partial charge in [0.05, 0.1) is 0 Å². The molecule has 1 rings (SSSR count). The van der Waals surface area contributed by atoms with Crippen molar-refractivity contribution < 1.29 is 5.11 Å². The number of phenolic OH excluding ortho intramolecular Hbond substituents is 1. The second kappa shape index (κ2) is 5.68. The van der Waals surface area contributed by atoms with Crippen molar-refractivity contribution in [1.82, 2.24) is 4.90 Å². The predicted molar refractivity (Wildman–Crippen MR) is 68.3 cm³/mol. The second-order valence-corrected chi connectivity index (χ2v) is 4.15. The van der Waals surface area contributed by atoms with Crippen molar-refractivity contribution in [3.63, 3.8) is 0 Å². The molecule has 0 unspecified atom stereocenters. The number of benzene rings is 1. The highest BCUT2D eigenvalue weighted by molar-refractivity contribution is 5.58. The third-order valence-electron chi connectivity index (χ3n) is 2.52. The molecule has 1 aromatic carbocycles. The molecule has 0 aromatic heterocycles. The minimum atomic E-state index is 0.357. The number of phenols is 1. The summed E-state index contributed by atoms with van der Waals surface area (Å²) in [7, 11) is 3.97. The van der Waals surface area contributed by atoms with Gasteiger partial charge in [0.2, 0.25) is 0 Å². The van der Waals surface area contributed by atoms with Crippen LogP contribution < -0.4 is 5.73 Å².